The van der Waals surface area contributed by atoms with Gasteiger partial charge < -0.3 is 9.62 Å². The van der Waals surface area contributed by atoms with Crippen molar-refractivity contribution in [3.63, 3.8) is 0 Å². The van der Waals surface area contributed by atoms with E-state index >= 15 is 0 Å². The van der Waals surface area contributed by atoms with Crippen LogP contribution in [0.15, 0.2) is 77.8 Å². The summed E-state index contributed by atoms with van der Waals surface area (Å²) in [7, 11) is 0. The lowest BCUT2D eigenvalue weighted by Crippen LogP contribution is -2.49. The number of nitrogens with zero attached hydrogens (tertiary/aromatic N) is 3. The highest BCUT2D eigenvalue weighted by atomic mass is 32.2. The highest BCUT2D eigenvalue weighted by Gasteiger charge is 2.26. The van der Waals surface area contributed by atoms with Crippen LogP contribution in [-0.4, -0.2) is 46.9 Å². The molecule has 1 aromatic heterocycles. The number of hydrogen-bond acceptors (Lipinski definition) is 5. The second-order valence-corrected chi connectivity index (χ2v) is 9.76. The number of benzene rings is 3. The minimum atomic E-state index is -1.46. The number of carbonyl (C=O) groups is 1. The van der Waals surface area contributed by atoms with Crippen molar-refractivity contribution in [1.29, 1.82) is 0 Å². The van der Waals surface area contributed by atoms with Gasteiger partial charge in [-0.2, -0.15) is 0 Å². The summed E-state index contributed by atoms with van der Waals surface area (Å²) in [5.41, 5.74) is 2.76. The Morgan fingerprint density at radius 1 is 0.923 bits per heavy atom. The number of rotatable bonds is 6. The molecule has 1 amide bonds. The van der Waals surface area contributed by atoms with Crippen LogP contribution in [0.5, 0.6) is 0 Å². The van der Waals surface area contributed by atoms with E-state index in [-0.39, 0.29) is 11.9 Å². The molecule has 0 saturated carbocycles. The number of pyridine rings is 1. The molecule has 9 heteroatoms. The molecule has 1 aliphatic rings. The second kappa shape index (κ2) is 13.0. The third kappa shape index (κ3) is 6.54. The fraction of sp³-hybridized carbons (Fsp3) is 0.267. The normalized spacial score (nSPS) is 14.5. The number of piperazine rings is 1. The van der Waals surface area contributed by atoms with Gasteiger partial charge in [0.25, 0.3) is 5.91 Å². The number of anilines is 1. The molecule has 1 atom stereocenters. The zero-order valence-corrected chi connectivity index (χ0v) is 22.9. The van der Waals surface area contributed by atoms with Crippen molar-refractivity contribution >= 4 is 34.4 Å². The summed E-state index contributed by atoms with van der Waals surface area (Å²) in [6.45, 7) is 7.88. The van der Waals surface area contributed by atoms with Gasteiger partial charge in [0.1, 0.15) is 0 Å². The van der Waals surface area contributed by atoms with Gasteiger partial charge in [0, 0.05) is 55.1 Å². The van der Waals surface area contributed by atoms with Crippen LogP contribution in [0.4, 0.5) is 18.9 Å². The molecule has 5 nitrogen and oxygen atoms in total. The summed E-state index contributed by atoms with van der Waals surface area (Å²) >= 11 is 1.47. The molecule has 1 fully saturated rings. The van der Waals surface area contributed by atoms with Crippen molar-refractivity contribution in [2.45, 2.75) is 31.7 Å². The number of fused-ring (bicyclic) bond motifs is 1. The van der Waals surface area contributed by atoms with Crippen LogP contribution in [0.1, 0.15) is 42.7 Å². The first-order valence-corrected chi connectivity index (χ1v) is 13.8. The van der Waals surface area contributed by atoms with E-state index in [0.29, 0.717) is 37.3 Å². The first-order chi connectivity index (χ1) is 18.9. The summed E-state index contributed by atoms with van der Waals surface area (Å²) < 4.78 is 43.9. The lowest BCUT2D eigenvalue weighted by molar-refractivity contribution is 0.0581. The number of nitrogens with one attached hydrogen (secondary N) is 1. The van der Waals surface area contributed by atoms with Gasteiger partial charge in [-0.1, -0.05) is 32.0 Å². The van der Waals surface area contributed by atoms with E-state index < -0.39 is 17.5 Å². The van der Waals surface area contributed by atoms with Crippen molar-refractivity contribution in [3.8, 4) is 0 Å². The maximum Gasteiger partial charge on any atom is 0.253 e. The summed E-state index contributed by atoms with van der Waals surface area (Å²) in [6, 6.07) is 19.1. The lowest BCUT2D eigenvalue weighted by atomic mass is 10.0. The molecule has 1 aliphatic heterocycles. The molecular formula is C30H31F3N4OS. The van der Waals surface area contributed by atoms with Crippen LogP contribution in [0.25, 0.3) is 10.9 Å². The topological polar surface area (TPSA) is 48.5 Å². The molecule has 2 heterocycles. The van der Waals surface area contributed by atoms with Crippen LogP contribution in [0.3, 0.4) is 0 Å². The van der Waals surface area contributed by atoms with Gasteiger partial charge in [-0.15, -0.1) is 0 Å². The standard InChI is InChI=1S/C28H25F3N4OS.C2H6/c1-18(21-16-23(29)26(31)24(30)17-21)34-12-14-35(15-13-34)28(36)20-7-9-22(10-8-20)33-37-25-6-2-4-19-5-3-11-32-27(19)25;1-2/h2-11,16-18,33H,12-15H2,1H3;1-2H3. The van der Waals surface area contributed by atoms with Gasteiger partial charge in [0.2, 0.25) is 0 Å². The first-order valence-electron chi connectivity index (χ1n) is 12.9. The van der Waals surface area contributed by atoms with Crippen LogP contribution in [0.2, 0.25) is 0 Å². The van der Waals surface area contributed by atoms with Crippen LogP contribution in [0, 0.1) is 17.5 Å². The Labute approximate surface area is 231 Å². The molecule has 5 rings (SSSR count). The van der Waals surface area contributed by atoms with E-state index in [1.54, 1.807) is 23.2 Å². The van der Waals surface area contributed by atoms with E-state index in [2.05, 4.69) is 9.71 Å². The third-order valence-electron chi connectivity index (χ3n) is 6.64. The fourth-order valence-electron chi connectivity index (χ4n) is 4.48. The number of halogens is 3. The predicted octanol–water partition coefficient (Wildman–Crippen LogP) is 7.32. The van der Waals surface area contributed by atoms with Gasteiger partial charge in [-0.05, 0) is 73.0 Å². The summed E-state index contributed by atoms with van der Waals surface area (Å²) in [6.07, 6.45) is 1.77. The quantitative estimate of drug-likeness (QED) is 0.201. The second-order valence-electron chi connectivity index (χ2n) is 8.92. The molecule has 4 aromatic rings. The largest absolute Gasteiger partial charge is 0.336 e. The number of amides is 1. The minimum Gasteiger partial charge on any atom is -0.336 e. The predicted molar refractivity (Wildman–Crippen MR) is 151 cm³/mol. The zero-order chi connectivity index (χ0) is 27.9. The van der Waals surface area contributed by atoms with Gasteiger partial charge in [-0.3, -0.25) is 14.7 Å². The molecule has 204 valence electrons. The van der Waals surface area contributed by atoms with Crippen molar-refractivity contribution in [2.24, 2.45) is 0 Å². The maximum absolute atomic E-state index is 13.7. The average molecular weight is 553 g/mol. The number of aromatic nitrogens is 1. The average Bonchev–Trinajstić information content (AvgIpc) is 2.99. The van der Waals surface area contributed by atoms with E-state index in [4.69, 9.17) is 0 Å². The fourth-order valence-corrected chi connectivity index (χ4v) is 5.25. The Morgan fingerprint density at radius 3 is 2.23 bits per heavy atom. The van der Waals surface area contributed by atoms with E-state index in [1.807, 2.05) is 68.1 Å². The molecule has 1 saturated heterocycles. The van der Waals surface area contributed by atoms with E-state index in [9.17, 15) is 18.0 Å². The Morgan fingerprint density at radius 2 is 1.56 bits per heavy atom. The smallest absolute Gasteiger partial charge is 0.253 e. The number of para-hydroxylation sites is 1. The molecule has 0 bridgehead atoms. The van der Waals surface area contributed by atoms with E-state index in [1.165, 1.54) is 11.9 Å². The van der Waals surface area contributed by atoms with Crippen molar-refractivity contribution in [1.82, 2.24) is 14.8 Å². The molecule has 39 heavy (non-hydrogen) atoms. The summed E-state index contributed by atoms with van der Waals surface area (Å²) in [5.74, 6) is -3.91. The molecule has 0 aliphatic carbocycles. The van der Waals surface area contributed by atoms with Gasteiger partial charge >= 0.3 is 0 Å². The van der Waals surface area contributed by atoms with Crippen molar-refractivity contribution < 1.29 is 18.0 Å². The zero-order valence-electron chi connectivity index (χ0n) is 22.1. The van der Waals surface area contributed by atoms with Gasteiger partial charge in [-0.25, -0.2) is 13.2 Å². The highest BCUT2D eigenvalue weighted by molar-refractivity contribution is 8.00. The summed E-state index contributed by atoms with van der Waals surface area (Å²) in [4.78, 5) is 22.3. The first kappa shape index (κ1) is 28.4. The van der Waals surface area contributed by atoms with E-state index in [0.717, 1.165) is 33.6 Å². The number of carbonyl (C=O) groups excluding carboxylic acids is 1. The van der Waals surface area contributed by atoms with Crippen LogP contribution in [-0.2, 0) is 0 Å². The molecule has 0 radical (unpaired) electrons. The lowest BCUT2D eigenvalue weighted by Gasteiger charge is -2.38. The van der Waals surface area contributed by atoms with Crippen molar-refractivity contribution in [2.75, 3.05) is 30.9 Å². The Hall–Kier alpha value is -3.56. The molecule has 1 N–H and O–H groups in total. The minimum absolute atomic E-state index is 0.0661. The Bertz CT molecular complexity index is 1400. The molecule has 3 aromatic carbocycles. The van der Waals surface area contributed by atoms with Gasteiger partial charge in [0.05, 0.1) is 10.4 Å². The highest BCUT2D eigenvalue weighted by Crippen LogP contribution is 2.28. The summed E-state index contributed by atoms with van der Waals surface area (Å²) in [5, 5.41) is 1.07. The van der Waals surface area contributed by atoms with Crippen LogP contribution >= 0.6 is 11.9 Å². The Balaban J connectivity index is 0.00000172. The van der Waals surface area contributed by atoms with Gasteiger partial charge in [0.15, 0.2) is 17.5 Å². The van der Waals surface area contributed by atoms with Crippen molar-refractivity contribution in [3.05, 3.63) is 102 Å². The number of hydrogen-bond donors (Lipinski definition) is 1. The van der Waals surface area contributed by atoms with Crippen LogP contribution < -0.4 is 4.72 Å². The molecule has 1 unspecified atom stereocenters. The maximum atomic E-state index is 13.7. The molecular weight excluding hydrogens is 521 g/mol. The molecule has 0 spiro atoms. The SMILES string of the molecule is CC.CC(c1cc(F)c(F)c(F)c1)N1CCN(C(=O)c2ccc(NSc3cccc4cccnc34)cc2)CC1. The Kier molecular flexibility index (Phi) is 9.48. The monoisotopic (exact) mass is 552 g/mol. The third-order valence-corrected chi connectivity index (χ3v) is 7.53.